The van der Waals surface area contributed by atoms with Gasteiger partial charge in [0.1, 0.15) is 4.90 Å². The summed E-state index contributed by atoms with van der Waals surface area (Å²) in [5.74, 6) is -1.31. The van der Waals surface area contributed by atoms with Crippen LogP contribution in [0.3, 0.4) is 0 Å². The maximum atomic E-state index is 11.2. The van der Waals surface area contributed by atoms with Gasteiger partial charge in [-0.05, 0) is 12.1 Å². The van der Waals surface area contributed by atoms with Gasteiger partial charge in [-0.2, -0.15) is 0 Å². The third kappa shape index (κ3) is 1.85. The number of carboxylic acid groups (broad SMARTS) is 1. The third-order valence-corrected chi connectivity index (χ3v) is 2.84. The molecule has 0 aliphatic heterocycles. The van der Waals surface area contributed by atoms with Crippen molar-refractivity contribution in [1.82, 2.24) is 0 Å². The van der Waals surface area contributed by atoms with Gasteiger partial charge in [0.25, 0.3) is 0 Å². The summed E-state index contributed by atoms with van der Waals surface area (Å²) in [7, 11) is -3.62. The Balaban J connectivity index is 3.62. The molecule has 0 amide bonds. The number of carbonyl (C=O) groups is 1. The predicted octanol–water partition coefficient (Wildman–Crippen LogP) is 0.371. The predicted molar refractivity (Wildman–Crippen MR) is 50.9 cm³/mol. The van der Waals surface area contributed by atoms with Gasteiger partial charge in [-0.25, -0.2) is 13.2 Å². The van der Waals surface area contributed by atoms with Crippen LogP contribution in [0.15, 0.2) is 23.1 Å². The summed E-state index contributed by atoms with van der Waals surface area (Å²) in [5.41, 5.74) is 5.06. The van der Waals surface area contributed by atoms with E-state index in [4.69, 9.17) is 10.8 Å². The largest absolute Gasteiger partial charge is 0.478 e. The van der Waals surface area contributed by atoms with Crippen molar-refractivity contribution in [3.05, 3.63) is 23.8 Å². The molecule has 0 saturated heterocycles. The molecule has 76 valence electrons. The Morgan fingerprint density at radius 1 is 1.43 bits per heavy atom. The lowest BCUT2D eigenvalue weighted by atomic mass is 10.2. The smallest absolute Gasteiger partial charge is 0.337 e. The molecule has 0 spiro atoms. The number of benzene rings is 1. The molecule has 0 radical (unpaired) electrons. The highest BCUT2D eigenvalue weighted by atomic mass is 32.2. The van der Waals surface area contributed by atoms with Gasteiger partial charge in [0.05, 0.1) is 11.3 Å². The van der Waals surface area contributed by atoms with Crippen LogP contribution in [0.5, 0.6) is 0 Å². The minimum atomic E-state index is -3.62. The van der Waals surface area contributed by atoms with Gasteiger partial charge in [0.15, 0.2) is 9.84 Å². The zero-order chi connectivity index (χ0) is 10.9. The van der Waals surface area contributed by atoms with Crippen molar-refractivity contribution >= 4 is 21.5 Å². The number of rotatable bonds is 2. The monoisotopic (exact) mass is 215 g/mol. The van der Waals surface area contributed by atoms with Crippen LogP contribution in [-0.4, -0.2) is 25.7 Å². The van der Waals surface area contributed by atoms with E-state index in [0.717, 1.165) is 6.26 Å². The average Bonchev–Trinajstić information content (AvgIpc) is 2.01. The second-order valence-electron chi connectivity index (χ2n) is 2.80. The molecule has 0 fully saturated rings. The SMILES string of the molecule is CS(=O)(=O)c1c(N)cccc1C(=O)O. The highest BCUT2D eigenvalue weighted by Gasteiger charge is 2.20. The number of nitrogen functional groups attached to an aromatic ring is 1. The van der Waals surface area contributed by atoms with E-state index in [1.54, 1.807) is 0 Å². The number of anilines is 1. The molecule has 1 aromatic rings. The van der Waals surface area contributed by atoms with E-state index in [0.29, 0.717) is 0 Å². The summed E-state index contributed by atoms with van der Waals surface area (Å²) in [6.45, 7) is 0. The van der Waals surface area contributed by atoms with Crippen molar-refractivity contribution in [3.8, 4) is 0 Å². The fourth-order valence-electron chi connectivity index (χ4n) is 1.14. The molecule has 0 aliphatic rings. The average molecular weight is 215 g/mol. The van der Waals surface area contributed by atoms with E-state index < -0.39 is 15.8 Å². The first-order valence-corrected chi connectivity index (χ1v) is 5.55. The minimum Gasteiger partial charge on any atom is -0.478 e. The summed E-state index contributed by atoms with van der Waals surface area (Å²) in [5, 5.41) is 8.73. The van der Waals surface area contributed by atoms with E-state index in [2.05, 4.69) is 0 Å². The van der Waals surface area contributed by atoms with Crippen molar-refractivity contribution in [3.63, 3.8) is 0 Å². The van der Waals surface area contributed by atoms with Crippen molar-refractivity contribution in [2.75, 3.05) is 12.0 Å². The lowest BCUT2D eigenvalue weighted by Gasteiger charge is -2.06. The Labute approximate surface area is 81.1 Å². The zero-order valence-corrected chi connectivity index (χ0v) is 8.21. The van der Waals surface area contributed by atoms with Crippen LogP contribution in [0.1, 0.15) is 10.4 Å². The molecular weight excluding hydrogens is 206 g/mol. The zero-order valence-electron chi connectivity index (χ0n) is 7.39. The molecule has 0 bridgehead atoms. The number of hydrogen-bond donors (Lipinski definition) is 2. The molecule has 0 aromatic heterocycles. The second-order valence-corrected chi connectivity index (χ2v) is 4.75. The molecule has 3 N–H and O–H groups in total. The van der Waals surface area contributed by atoms with E-state index in [-0.39, 0.29) is 16.1 Å². The number of carboxylic acids is 1. The lowest BCUT2D eigenvalue weighted by molar-refractivity contribution is 0.0693. The van der Waals surface area contributed by atoms with Gasteiger partial charge in [-0.1, -0.05) is 6.07 Å². The molecule has 0 atom stereocenters. The summed E-state index contributed by atoms with van der Waals surface area (Å²) < 4.78 is 22.5. The summed E-state index contributed by atoms with van der Waals surface area (Å²) in [6.07, 6.45) is 0.922. The number of aromatic carboxylic acids is 1. The first-order chi connectivity index (χ1) is 6.34. The van der Waals surface area contributed by atoms with Gasteiger partial charge in [0, 0.05) is 6.26 Å². The molecule has 5 nitrogen and oxygen atoms in total. The van der Waals surface area contributed by atoms with Crippen LogP contribution in [0, 0.1) is 0 Å². The molecule has 1 rings (SSSR count). The van der Waals surface area contributed by atoms with Gasteiger partial charge >= 0.3 is 5.97 Å². The number of hydrogen-bond acceptors (Lipinski definition) is 4. The van der Waals surface area contributed by atoms with Crippen LogP contribution >= 0.6 is 0 Å². The molecule has 0 saturated carbocycles. The fourth-order valence-corrected chi connectivity index (χ4v) is 2.19. The maximum absolute atomic E-state index is 11.2. The quantitative estimate of drug-likeness (QED) is 0.694. The lowest BCUT2D eigenvalue weighted by Crippen LogP contribution is -2.10. The molecule has 0 unspecified atom stereocenters. The van der Waals surface area contributed by atoms with E-state index >= 15 is 0 Å². The van der Waals surface area contributed by atoms with E-state index in [1.807, 2.05) is 0 Å². The van der Waals surface area contributed by atoms with Crippen LogP contribution in [0.2, 0.25) is 0 Å². The third-order valence-electron chi connectivity index (χ3n) is 1.65. The van der Waals surface area contributed by atoms with Gasteiger partial charge < -0.3 is 10.8 Å². The van der Waals surface area contributed by atoms with Crippen LogP contribution in [-0.2, 0) is 9.84 Å². The normalized spacial score (nSPS) is 11.2. The Bertz CT molecular complexity index is 478. The Morgan fingerprint density at radius 2 is 2.00 bits per heavy atom. The fraction of sp³-hybridized carbons (Fsp3) is 0.125. The molecule has 6 heteroatoms. The first-order valence-electron chi connectivity index (χ1n) is 3.66. The highest BCUT2D eigenvalue weighted by Crippen LogP contribution is 2.22. The number of sulfone groups is 1. The topological polar surface area (TPSA) is 97.5 Å². The standard InChI is InChI=1S/C8H9NO4S/c1-14(12,13)7-5(8(10)11)3-2-4-6(7)9/h2-4H,9H2,1H3,(H,10,11). The molecule has 0 aliphatic carbocycles. The summed E-state index contributed by atoms with van der Waals surface area (Å²) >= 11 is 0. The van der Waals surface area contributed by atoms with Crippen LogP contribution < -0.4 is 5.73 Å². The molecule has 14 heavy (non-hydrogen) atoms. The van der Waals surface area contributed by atoms with Gasteiger partial charge in [0.2, 0.25) is 0 Å². The summed E-state index contributed by atoms with van der Waals surface area (Å²) in [4.78, 5) is 10.4. The Morgan fingerprint density at radius 3 is 2.36 bits per heavy atom. The van der Waals surface area contributed by atoms with Crippen molar-refractivity contribution in [2.24, 2.45) is 0 Å². The molecule has 1 aromatic carbocycles. The molecule has 0 heterocycles. The van der Waals surface area contributed by atoms with Crippen molar-refractivity contribution in [2.45, 2.75) is 4.90 Å². The Kier molecular flexibility index (Phi) is 2.48. The number of nitrogens with two attached hydrogens (primary N) is 1. The van der Waals surface area contributed by atoms with Crippen LogP contribution in [0.4, 0.5) is 5.69 Å². The van der Waals surface area contributed by atoms with E-state index in [1.165, 1.54) is 18.2 Å². The summed E-state index contributed by atoms with van der Waals surface area (Å²) in [6, 6.07) is 3.95. The van der Waals surface area contributed by atoms with Gasteiger partial charge in [-0.3, -0.25) is 0 Å². The Hall–Kier alpha value is -1.56. The van der Waals surface area contributed by atoms with Crippen molar-refractivity contribution in [1.29, 1.82) is 0 Å². The second kappa shape index (κ2) is 3.30. The minimum absolute atomic E-state index is 0.0487. The van der Waals surface area contributed by atoms with Crippen molar-refractivity contribution < 1.29 is 18.3 Å². The maximum Gasteiger partial charge on any atom is 0.337 e. The first kappa shape index (κ1) is 10.5. The van der Waals surface area contributed by atoms with E-state index in [9.17, 15) is 13.2 Å². The van der Waals surface area contributed by atoms with Crippen LogP contribution in [0.25, 0.3) is 0 Å². The van der Waals surface area contributed by atoms with Gasteiger partial charge in [-0.15, -0.1) is 0 Å². The highest BCUT2D eigenvalue weighted by molar-refractivity contribution is 7.91. The molecular formula is C8H9NO4S.